The summed E-state index contributed by atoms with van der Waals surface area (Å²) in [6, 6.07) is 0. The molecule has 2 fully saturated rings. The van der Waals surface area contributed by atoms with Gasteiger partial charge in [0.2, 0.25) is 5.91 Å². The first-order valence-electron chi connectivity index (χ1n) is 8.81. The maximum absolute atomic E-state index is 12.2. The number of rotatable bonds is 8. The van der Waals surface area contributed by atoms with E-state index in [1.807, 2.05) is 0 Å². The first-order chi connectivity index (χ1) is 10.1. The van der Waals surface area contributed by atoms with Gasteiger partial charge >= 0.3 is 0 Å². The van der Waals surface area contributed by atoms with Crippen LogP contribution in [0.5, 0.6) is 0 Å². The van der Waals surface area contributed by atoms with E-state index in [2.05, 4.69) is 24.1 Å². The number of hydrogen-bond acceptors (Lipinski definition) is 3. The van der Waals surface area contributed by atoms with Crippen molar-refractivity contribution < 1.29 is 4.79 Å². The zero-order valence-electron chi connectivity index (χ0n) is 13.9. The molecule has 0 bridgehead atoms. The normalized spacial score (nSPS) is 29.6. The van der Waals surface area contributed by atoms with Crippen molar-refractivity contribution in [3.05, 3.63) is 0 Å². The molecule has 2 aliphatic carbocycles. The van der Waals surface area contributed by atoms with E-state index in [0.717, 1.165) is 44.2 Å². The van der Waals surface area contributed by atoms with Crippen LogP contribution in [-0.4, -0.2) is 42.5 Å². The molecule has 3 N–H and O–H groups in total. The number of amides is 1. The fraction of sp³-hybridized carbons (Fsp3) is 0.941. The summed E-state index contributed by atoms with van der Waals surface area (Å²) in [7, 11) is 0. The largest absolute Gasteiger partial charge is 0.355 e. The van der Waals surface area contributed by atoms with Crippen molar-refractivity contribution >= 4 is 5.91 Å². The third-order valence-corrected chi connectivity index (χ3v) is 5.23. The van der Waals surface area contributed by atoms with Crippen molar-refractivity contribution in [1.82, 2.24) is 10.2 Å². The van der Waals surface area contributed by atoms with E-state index in [1.165, 1.54) is 25.7 Å². The molecule has 0 saturated heterocycles. The lowest BCUT2D eigenvalue weighted by Crippen LogP contribution is -2.58. The third-order valence-electron chi connectivity index (χ3n) is 5.23. The van der Waals surface area contributed by atoms with Gasteiger partial charge in [-0.25, -0.2) is 0 Å². The van der Waals surface area contributed by atoms with Gasteiger partial charge in [-0.3, -0.25) is 9.69 Å². The standard InChI is InChI=1S/C17H33N3O/c1-3-9-20(12-16(21)19-11-15-6-7-15)17(13-18)8-4-5-14(2)10-17/h14-15H,3-13,18H2,1-2H3,(H,19,21). The minimum absolute atomic E-state index is 0.0462. The van der Waals surface area contributed by atoms with Crippen LogP contribution in [0.4, 0.5) is 0 Å². The van der Waals surface area contributed by atoms with E-state index in [0.29, 0.717) is 13.1 Å². The molecule has 0 aromatic heterocycles. The van der Waals surface area contributed by atoms with Gasteiger partial charge in [0, 0.05) is 18.6 Å². The topological polar surface area (TPSA) is 58.4 Å². The van der Waals surface area contributed by atoms with Crippen LogP contribution in [0.2, 0.25) is 0 Å². The van der Waals surface area contributed by atoms with Crippen LogP contribution in [-0.2, 0) is 4.79 Å². The Morgan fingerprint density at radius 3 is 2.71 bits per heavy atom. The molecule has 0 heterocycles. The molecule has 0 aliphatic heterocycles. The van der Waals surface area contributed by atoms with E-state index < -0.39 is 0 Å². The van der Waals surface area contributed by atoms with Gasteiger partial charge in [-0.15, -0.1) is 0 Å². The molecule has 4 nitrogen and oxygen atoms in total. The summed E-state index contributed by atoms with van der Waals surface area (Å²) >= 11 is 0. The van der Waals surface area contributed by atoms with Gasteiger partial charge in [0.05, 0.1) is 6.54 Å². The van der Waals surface area contributed by atoms with Crippen LogP contribution < -0.4 is 11.1 Å². The first kappa shape index (κ1) is 16.8. The number of carbonyl (C=O) groups excluding carboxylic acids is 1. The van der Waals surface area contributed by atoms with Crippen molar-refractivity contribution in [2.24, 2.45) is 17.6 Å². The molecule has 0 aromatic rings. The van der Waals surface area contributed by atoms with E-state index in [9.17, 15) is 4.79 Å². The Kier molecular flexibility index (Phi) is 6.06. The molecule has 2 saturated carbocycles. The Hall–Kier alpha value is -0.610. The predicted octanol–water partition coefficient (Wildman–Crippen LogP) is 2.13. The highest BCUT2D eigenvalue weighted by Gasteiger charge is 2.39. The highest BCUT2D eigenvalue weighted by molar-refractivity contribution is 5.78. The molecular weight excluding hydrogens is 262 g/mol. The van der Waals surface area contributed by atoms with Gasteiger partial charge < -0.3 is 11.1 Å². The van der Waals surface area contributed by atoms with Crippen molar-refractivity contribution in [2.45, 2.75) is 64.3 Å². The lowest BCUT2D eigenvalue weighted by molar-refractivity contribution is -0.124. The summed E-state index contributed by atoms with van der Waals surface area (Å²) in [5.74, 6) is 1.64. The van der Waals surface area contributed by atoms with Crippen LogP contribution in [0.3, 0.4) is 0 Å². The Balaban J connectivity index is 1.95. The number of nitrogens with one attached hydrogen (secondary N) is 1. The lowest BCUT2D eigenvalue weighted by atomic mass is 9.75. The minimum Gasteiger partial charge on any atom is -0.355 e. The molecule has 2 atom stereocenters. The van der Waals surface area contributed by atoms with E-state index in [-0.39, 0.29) is 11.4 Å². The fourth-order valence-corrected chi connectivity index (χ4v) is 3.80. The second-order valence-corrected chi connectivity index (χ2v) is 7.30. The molecule has 0 aromatic carbocycles. The Bertz CT molecular complexity index is 343. The number of hydrogen-bond donors (Lipinski definition) is 2. The van der Waals surface area contributed by atoms with Gasteiger partial charge in [-0.1, -0.05) is 26.7 Å². The smallest absolute Gasteiger partial charge is 0.234 e. The molecular formula is C17H33N3O. The molecule has 21 heavy (non-hydrogen) atoms. The summed E-state index contributed by atoms with van der Waals surface area (Å²) in [5, 5.41) is 3.10. The van der Waals surface area contributed by atoms with Gasteiger partial charge in [-0.05, 0) is 50.5 Å². The molecule has 2 unspecified atom stereocenters. The molecule has 2 rings (SSSR count). The van der Waals surface area contributed by atoms with Gasteiger partial charge in [0.15, 0.2) is 0 Å². The van der Waals surface area contributed by atoms with Crippen LogP contribution in [0.25, 0.3) is 0 Å². The van der Waals surface area contributed by atoms with Crippen LogP contribution in [0, 0.1) is 11.8 Å². The summed E-state index contributed by atoms with van der Waals surface area (Å²) in [6.07, 6.45) is 8.46. The Labute approximate surface area is 129 Å². The van der Waals surface area contributed by atoms with E-state index in [1.54, 1.807) is 0 Å². The van der Waals surface area contributed by atoms with Crippen molar-refractivity contribution in [3.63, 3.8) is 0 Å². The zero-order chi connectivity index (χ0) is 15.3. The Morgan fingerprint density at radius 1 is 1.38 bits per heavy atom. The van der Waals surface area contributed by atoms with E-state index in [4.69, 9.17) is 5.73 Å². The molecule has 0 spiro atoms. The molecule has 1 amide bonds. The Morgan fingerprint density at radius 2 is 2.14 bits per heavy atom. The summed E-state index contributed by atoms with van der Waals surface area (Å²) in [6.45, 7) is 7.54. The average molecular weight is 295 g/mol. The van der Waals surface area contributed by atoms with E-state index >= 15 is 0 Å². The lowest BCUT2D eigenvalue weighted by Gasteiger charge is -2.47. The van der Waals surface area contributed by atoms with Crippen molar-refractivity contribution in [3.8, 4) is 0 Å². The maximum atomic E-state index is 12.2. The maximum Gasteiger partial charge on any atom is 0.234 e. The SMILES string of the molecule is CCCN(CC(=O)NCC1CC1)C1(CN)CCCC(C)C1. The van der Waals surface area contributed by atoms with Crippen LogP contribution in [0.1, 0.15) is 58.8 Å². The van der Waals surface area contributed by atoms with Gasteiger partial charge in [0.25, 0.3) is 0 Å². The molecule has 2 aliphatic rings. The van der Waals surface area contributed by atoms with Crippen molar-refractivity contribution in [1.29, 1.82) is 0 Å². The second-order valence-electron chi connectivity index (χ2n) is 7.30. The number of nitrogens with zero attached hydrogens (tertiary/aromatic N) is 1. The fourth-order valence-electron chi connectivity index (χ4n) is 3.80. The van der Waals surface area contributed by atoms with Crippen LogP contribution in [0.15, 0.2) is 0 Å². The summed E-state index contributed by atoms with van der Waals surface area (Å²) in [5.41, 5.74) is 6.21. The highest BCUT2D eigenvalue weighted by Crippen LogP contribution is 2.36. The predicted molar refractivity (Wildman–Crippen MR) is 87.0 cm³/mol. The average Bonchev–Trinajstić information content (AvgIpc) is 3.29. The van der Waals surface area contributed by atoms with Crippen molar-refractivity contribution in [2.75, 3.05) is 26.2 Å². The minimum atomic E-state index is 0.0462. The first-order valence-corrected chi connectivity index (χ1v) is 8.81. The molecule has 0 radical (unpaired) electrons. The zero-order valence-corrected chi connectivity index (χ0v) is 13.9. The summed E-state index contributed by atoms with van der Waals surface area (Å²) < 4.78 is 0. The third kappa shape index (κ3) is 4.68. The second kappa shape index (κ2) is 7.59. The van der Waals surface area contributed by atoms with Gasteiger partial charge in [0.1, 0.15) is 0 Å². The highest BCUT2D eigenvalue weighted by atomic mass is 16.2. The van der Waals surface area contributed by atoms with Gasteiger partial charge in [-0.2, -0.15) is 0 Å². The monoisotopic (exact) mass is 295 g/mol. The quantitative estimate of drug-likeness (QED) is 0.721. The number of carbonyl (C=O) groups is 1. The summed E-state index contributed by atoms with van der Waals surface area (Å²) in [4.78, 5) is 14.6. The molecule has 122 valence electrons. The van der Waals surface area contributed by atoms with Crippen LogP contribution >= 0.6 is 0 Å². The molecule has 4 heteroatoms. The number of nitrogens with two attached hydrogens (primary N) is 1.